The molecule has 0 nitrogen and oxygen atoms in total. The fourth-order valence-corrected chi connectivity index (χ4v) is 1270. The van der Waals surface area contributed by atoms with E-state index in [0.29, 0.717) is 20.2 Å². The Morgan fingerprint density at radius 1 is 0.234 bits per heavy atom. The van der Waals surface area contributed by atoms with Crippen LogP contribution in [-0.4, -0.2) is 118 Å². The zero-order chi connectivity index (χ0) is 50.8. The molecule has 0 aromatic heterocycles. The lowest BCUT2D eigenvalue weighted by atomic mass is 10.2. The van der Waals surface area contributed by atoms with E-state index in [9.17, 15) is 0 Å². The molecular weight excluding hydrogens is 1030 g/mol. The van der Waals surface area contributed by atoms with Gasteiger partial charge >= 0.3 is 0 Å². The average molecular weight is 1140 g/mol. The topological polar surface area (TPSA) is 0 Å². The van der Waals surface area contributed by atoms with Crippen molar-refractivity contribution >= 4 is 118 Å². The van der Waals surface area contributed by atoms with Gasteiger partial charge in [0.1, 0.15) is 0 Å². The van der Waals surface area contributed by atoms with Crippen LogP contribution in [-0.2, 0) is 0 Å². The van der Waals surface area contributed by atoms with E-state index in [0.717, 1.165) is 17.1 Å². The summed E-state index contributed by atoms with van der Waals surface area (Å²) in [6.07, 6.45) is 3.72. The van der Waals surface area contributed by atoms with Crippen LogP contribution >= 0.6 is 0 Å². The maximum atomic E-state index is 3.20. The van der Waals surface area contributed by atoms with E-state index >= 15 is 0 Å². The first-order valence-electron chi connectivity index (χ1n) is 27.4. The second-order valence-corrected chi connectivity index (χ2v) is 201. The maximum absolute atomic E-state index is 3.20. The third-order valence-electron chi connectivity index (χ3n) is 25.6. The molecule has 2 unspecified atom stereocenters. The van der Waals surface area contributed by atoms with Crippen LogP contribution in [0.4, 0.5) is 0 Å². The summed E-state index contributed by atoms with van der Waals surface area (Å²) >= 11 is 0. The van der Waals surface area contributed by atoms with Crippen molar-refractivity contribution in [2.75, 3.05) is 0 Å². The SMILES string of the molecule is CC(C)(C)[Si]12[Si]3(C([Si](C)(C)C)([Si](C)(C)C)CCC3([Si](C)(C)C)[Si](C)(C)C)[Si]13[Si]2(C(C)(C)C)[Si]12[Si]4(C([Si](C)(C)C)([Si](C)(C)C)CCC4([Si](C)(C)C)[Si](C)(C)C)[Si]1(C(C)(C)C)[Si]32C(C)(C)C. The van der Waals surface area contributed by atoms with Gasteiger partial charge in [-0.3, -0.25) is 0 Å². The molecule has 0 aromatic rings. The minimum atomic E-state index is -1.87. The largest absolute Gasteiger partial charge is 0.0696 e. The van der Waals surface area contributed by atoms with Gasteiger partial charge in [0.15, 0.2) is 0 Å². The van der Waals surface area contributed by atoms with Crippen LogP contribution in [0.3, 0.4) is 0 Å². The van der Waals surface area contributed by atoms with Crippen molar-refractivity contribution in [3.8, 4) is 0 Å². The van der Waals surface area contributed by atoms with Crippen LogP contribution < -0.4 is 0 Å². The summed E-state index contributed by atoms with van der Waals surface area (Å²) < 4.78 is 3.49. The summed E-state index contributed by atoms with van der Waals surface area (Å²) in [6, 6.07) is 0. The highest BCUT2D eigenvalue weighted by molar-refractivity contribution is 9.03. The van der Waals surface area contributed by atoms with Crippen LogP contribution in [0.25, 0.3) is 0 Å². The zero-order valence-electron chi connectivity index (χ0n) is 50.8. The van der Waals surface area contributed by atoms with Gasteiger partial charge in [0, 0.05) is 118 Å². The van der Waals surface area contributed by atoms with Crippen LogP contribution in [0.15, 0.2) is 0 Å². The van der Waals surface area contributed by atoms with Crippen LogP contribution in [0.2, 0.25) is 194 Å². The van der Waals surface area contributed by atoms with Gasteiger partial charge in [-0.05, 0) is 27.2 Å². The third kappa shape index (κ3) is 3.98. The molecule has 7 aliphatic heterocycles. The third-order valence-corrected chi connectivity index (χ3v) is 461. The van der Waals surface area contributed by atoms with Gasteiger partial charge in [-0.15, -0.1) is 0 Å². The Morgan fingerprint density at radius 2 is 0.359 bits per heavy atom. The molecule has 7 fully saturated rings. The minimum Gasteiger partial charge on any atom is -0.0696 e. The molecule has 16 heteroatoms. The van der Waals surface area contributed by atoms with Crippen LogP contribution in [0, 0.1) is 0 Å². The Labute approximate surface area is 416 Å². The van der Waals surface area contributed by atoms with Crippen molar-refractivity contribution in [2.45, 2.75) is 303 Å². The fraction of sp³-hybridized carbons (Fsp3) is 1.00. The molecule has 7 heterocycles. The zero-order valence-corrected chi connectivity index (χ0v) is 66.8. The summed E-state index contributed by atoms with van der Waals surface area (Å²) in [7, 11) is -16.9. The highest BCUT2D eigenvalue weighted by Gasteiger charge is 3.49. The molecule has 0 N–H and O–H groups in total. The van der Waals surface area contributed by atoms with Gasteiger partial charge in [-0.1, -0.05) is 276 Å². The van der Waals surface area contributed by atoms with Crippen molar-refractivity contribution < 1.29 is 0 Å². The second kappa shape index (κ2) is 12.4. The lowest BCUT2D eigenvalue weighted by Gasteiger charge is -2.82. The summed E-state index contributed by atoms with van der Waals surface area (Å²) in [4.78, 5) is 0. The van der Waals surface area contributed by atoms with Gasteiger partial charge in [0.25, 0.3) is 0 Å². The van der Waals surface area contributed by atoms with Gasteiger partial charge in [0.2, 0.25) is 0 Å². The maximum Gasteiger partial charge on any atom is 0.0447 e. The Morgan fingerprint density at radius 3 is 0.453 bits per heavy atom. The molecule has 0 bridgehead atoms. The molecule has 0 amide bonds. The predicted molar refractivity (Wildman–Crippen MR) is 341 cm³/mol. The quantitative estimate of drug-likeness (QED) is 0.213. The summed E-state index contributed by atoms with van der Waals surface area (Å²) in [5.41, 5.74) is 0. The van der Waals surface area contributed by atoms with Gasteiger partial charge < -0.3 is 0 Å². The van der Waals surface area contributed by atoms with E-state index < -0.39 is 118 Å². The lowest BCUT2D eigenvalue weighted by molar-refractivity contribution is 0.729. The highest BCUT2D eigenvalue weighted by Crippen LogP contribution is 3.21. The number of hydrogen-bond acceptors (Lipinski definition) is 0. The number of hydrogen-bond donors (Lipinski definition) is 0. The van der Waals surface area contributed by atoms with Crippen molar-refractivity contribution in [1.29, 1.82) is 0 Å². The van der Waals surface area contributed by atoms with Crippen molar-refractivity contribution in [2.24, 2.45) is 0 Å². The molecule has 372 valence electrons. The molecule has 0 aliphatic carbocycles. The molecule has 64 heavy (non-hydrogen) atoms. The normalized spacial score (nSPS) is 39.2. The van der Waals surface area contributed by atoms with Crippen molar-refractivity contribution in [3.05, 3.63) is 0 Å². The minimum absolute atomic E-state index is 0.640. The standard InChI is InChI=1S/C48H116Si16/c1-41(2,3)59-57(45(49(13,14)15,50(16,17)18)37-38-46(57,51(19,20)21)52(22,23)24)63(59)61(59,43(7,8)9)64-58(60(64,42(4,5)6)62(63,64)44(10,11)12)47(53(25,26)27,54(28,29)30)39-40-48(58,55(31,32)33)56(34,35)36/h37-40H2,1-36H3. The predicted octanol–water partition coefficient (Wildman–Crippen LogP) is 17.4. The molecule has 0 saturated carbocycles. The first kappa shape index (κ1) is 55.2. The van der Waals surface area contributed by atoms with E-state index in [-0.39, 0.29) is 0 Å². The molecule has 0 radical (unpaired) electrons. The molecule has 4 spiro atoms. The summed E-state index contributed by atoms with van der Waals surface area (Å²) in [5, 5.41) is 2.61. The summed E-state index contributed by atoms with van der Waals surface area (Å²) in [5.74, 6) is 0. The van der Waals surface area contributed by atoms with Crippen molar-refractivity contribution in [1.82, 2.24) is 0 Å². The Bertz CT molecular complexity index is 1760. The lowest BCUT2D eigenvalue weighted by Crippen LogP contribution is -3.04. The Kier molecular flexibility index (Phi) is 10.7. The molecule has 7 rings (SSSR count). The van der Waals surface area contributed by atoms with E-state index in [1.807, 2.05) is 0 Å². The molecule has 7 saturated heterocycles. The first-order chi connectivity index (χ1) is 27.4. The molecular formula is C48H116Si16. The van der Waals surface area contributed by atoms with E-state index in [1.165, 1.54) is 0 Å². The van der Waals surface area contributed by atoms with Crippen molar-refractivity contribution in [3.63, 3.8) is 0 Å². The molecule has 7 aliphatic rings. The summed E-state index contributed by atoms with van der Waals surface area (Å²) in [6.45, 7) is 106. The fourth-order valence-electron chi connectivity index (χ4n) is 29.5. The Balaban J connectivity index is 1.93. The van der Waals surface area contributed by atoms with Gasteiger partial charge in [-0.25, -0.2) is 0 Å². The van der Waals surface area contributed by atoms with Gasteiger partial charge in [0.05, 0.1) is 0 Å². The first-order valence-corrected chi connectivity index (χ1v) is 83.4. The highest BCUT2D eigenvalue weighted by atomic mass is 31.3. The monoisotopic (exact) mass is 1140 g/mol. The Hall–Kier alpha value is 3.47. The smallest absolute Gasteiger partial charge is 0.0447 e. The molecule has 0 aromatic carbocycles. The van der Waals surface area contributed by atoms with E-state index in [1.54, 1.807) is 25.7 Å². The number of fused-ring (bicyclic) bond motifs is 4. The number of rotatable bonds is 8. The van der Waals surface area contributed by atoms with Gasteiger partial charge in [-0.2, -0.15) is 0 Å². The molecule has 2 atom stereocenters. The second-order valence-electron chi connectivity index (χ2n) is 37.6. The van der Waals surface area contributed by atoms with Crippen LogP contribution in [0.5, 0.6) is 0 Å². The van der Waals surface area contributed by atoms with E-state index in [2.05, 4.69) is 240 Å². The van der Waals surface area contributed by atoms with Crippen LogP contribution in [0.1, 0.15) is 109 Å². The average Bonchev–Trinajstić information content (AvgIpc) is 3.81. The van der Waals surface area contributed by atoms with E-state index in [4.69, 9.17) is 0 Å².